The van der Waals surface area contributed by atoms with E-state index in [4.69, 9.17) is 0 Å². The fourth-order valence-corrected chi connectivity index (χ4v) is 3.98. The number of amides is 2. The molecule has 3 fully saturated rings. The maximum atomic E-state index is 12.4. The Balaban J connectivity index is 1.37. The summed E-state index contributed by atoms with van der Waals surface area (Å²) in [6.45, 7) is 3.31. The summed E-state index contributed by atoms with van der Waals surface area (Å²) < 4.78 is 0. The zero-order valence-corrected chi connectivity index (χ0v) is 11.8. The van der Waals surface area contributed by atoms with Crippen LogP contribution in [-0.4, -0.2) is 47.8 Å². The van der Waals surface area contributed by atoms with E-state index in [1.165, 1.54) is 12.8 Å². The molecule has 4 heteroatoms. The lowest BCUT2D eigenvalue weighted by Crippen LogP contribution is -2.38. The predicted octanol–water partition coefficient (Wildman–Crippen LogP) is 1.28. The monoisotopic (exact) mass is 274 g/mol. The van der Waals surface area contributed by atoms with Gasteiger partial charge in [0.05, 0.1) is 5.92 Å². The molecular formula is C16H22N2O2. The summed E-state index contributed by atoms with van der Waals surface area (Å²) >= 11 is 0. The van der Waals surface area contributed by atoms with Gasteiger partial charge >= 0.3 is 0 Å². The van der Waals surface area contributed by atoms with Crippen molar-refractivity contribution in [1.82, 2.24) is 9.80 Å². The minimum Gasteiger partial charge on any atom is -0.342 e. The van der Waals surface area contributed by atoms with Crippen LogP contribution in [0.3, 0.4) is 0 Å². The van der Waals surface area contributed by atoms with E-state index in [0.29, 0.717) is 18.4 Å². The van der Waals surface area contributed by atoms with Crippen LogP contribution in [0.25, 0.3) is 0 Å². The summed E-state index contributed by atoms with van der Waals surface area (Å²) in [5, 5.41) is 0. The van der Waals surface area contributed by atoms with Crippen molar-refractivity contribution in [3.05, 3.63) is 12.2 Å². The molecule has 0 aromatic rings. The molecule has 4 aliphatic rings. The van der Waals surface area contributed by atoms with Gasteiger partial charge in [0.1, 0.15) is 0 Å². The fraction of sp³-hybridized carbons (Fsp3) is 0.750. The first-order chi connectivity index (χ1) is 9.72. The number of carbonyl (C=O) groups is 2. The fourth-order valence-electron chi connectivity index (χ4n) is 3.98. The molecule has 2 saturated heterocycles. The molecule has 0 aromatic carbocycles. The van der Waals surface area contributed by atoms with Crippen LogP contribution < -0.4 is 0 Å². The molecule has 0 N–H and O–H groups in total. The first-order valence-electron chi connectivity index (χ1n) is 7.95. The number of carbonyl (C=O) groups excluding carboxylic acids is 2. The van der Waals surface area contributed by atoms with E-state index in [-0.39, 0.29) is 17.7 Å². The van der Waals surface area contributed by atoms with E-state index in [0.717, 1.165) is 38.4 Å². The van der Waals surface area contributed by atoms with Crippen LogP contribution in [0.2, 0.25) is 0 Å². The summed E-state index contributed by atoms with van der Waals surface area (Å²) in [4.78, 5) is 28.9. The number of nitrogens with zero attached hydrogens (tertiary/aromatic N) is 2. The molecule has 2 aliphatic carbocycles. The topological polar surface area (TPSA) is 40.6 Å². The third-order valence-corrected chi connectivity index (χ3v) is 5.37. The maximum Gasteiger partial charge on any atom is 0.227 e. The van der Waals surface area contributed by atoms with Crippen molar-refractivity contribution in [2.75, 3.05) is 26.2 Å². The summed E-state index contributed by atoms with van der Waals surface area (Å²) in [6.07, 6.45) is 8.54. The van der Waals surface area contributed by atoms with Gasteiger partial charge in [-0.1, -0.05) is 12.2 Å². The highest BCUT2D eigenvalue weighted by atomic mass is 16.2. The molecule has 0 spiro atoms. The molecule has 0 bridgehead atoms. The van der Waals surface area contributed by atoms with Gasteiger partial charge in [-0.15, -0.1) is 0 Å². The second-order valence-electron chi connectivity index (χ2n) is 6.94. The van der Waals surface area contributed by atoms with Crippen molar-refractivity contribution < 1.29 is 9.59 Å². The first kappa shape index (κ1) is 12.4. The van der Waals surface area contributed by atoms with E-state index in [2.05, 4.69) is 17.1 Å². The molecular weight excluding hydrogens is 252 g/mol. The molecule has 0 radical (unpaired) electrons. The summed E-state index contributed by atoms with van der Waals surface area (Å²) in [5.41, 5.74) is 0. The zero-order chi connectivity index (χ0) is 13.7. The molecule has 2 aliphatic heterocycles. The number of likely N-dealkylation sites (tertiary alicyclic amines) is 2. The summed E-state index contributed by atoms with van der Waals surface area (Å²) in [7, 11) is 0. The molecule has 2 heterocycles. The van der Waals surface area contributed by atoms with E-state index >= 15 is 0 Å². The molecule has 0 unspecified atom stereocenters. The van der Waals surface area contributed by atoms with Crippen LogP contribution in [-0.2, 0) is 9.59 Å². The predicted molar refractivity (Wildman–Crippen MR) is 74.7 cm³/mol. The zero-order valence-electron chi connectivity index (χ0n) is 11.8. The quantitative estimate of drug-likeness (QED) is 0.727. The van der Waals surface area contributed by atoms with Crippen molar-refractivity contribution in [3.63, 3.8) is 0 Å². The maximum absolute atomic E-state index is 12.4. The largest absolute Gasteiger partial charge is 0.342 e. The number of fused-ring (bicyclic) bond motifs is 1. The Morgan fingerprint density at radius 3 is 2.55 bits per heavy atom. The average Bonchev–Trinajstić information content (AvgIpc) is 2.89. The summed E-state index contributed by atoms with van der Waals surface area (Å²) in [6, 6.07) is 0. The average molecular weight is 274 g/mol. The highest BCUT2D eigenvalue weighted by molar-refractivity contribution is 5.85. The van der Waals surface area contributed by atoms with Gasteiger partial charge in [-0.3, -0.25) is 9.59 Å². The minimum absolute atomic E-state index is 0.0899. The number of hydrogen-bond acceptors (Lipinski definition) is 2. The van der Waals surface area contributed by atoms with Gasteiger partial charge in [-0.2, -0.15) is 0 Å². The highest BCUT2D eigenvalue weighted by Gasteiger charge is 2.48. The molecule has 20 heavy (non-hydrogen) atoms. The highest BCUT2D eigenvalue weighted by Crippen LogP contribution is 2.37. The Hall–Kier alpha value is -1.32. The number of allylic oxidation sites excluding steroid dienone is 2. The standard InChI is InChI=1S/C16H22N2O2/c19-15(12-3-1-2-4-12)18-9-13-8-17(7-11-5-6-11)16(20)14(13)10-18/h1-2,11-14H,3-10H2/t13-,14+/m1/s1. The van der Waals surface area contributed by atoms with Crippen molar-refractivity contribution in [3.8, 4) is 0 Å². The Bertz CT molecular complexity index is 461. The number of hydrogen-bond donors (Lipinski definition) is 0. The lowest BCUT2D eigenvalue weighted by Gasteiger charge is -2.24. The summed E-state index contributed by atoms with van der Waals surface area (Å²) in [5.74, 6) is 1.96. The van der Waals surface area contributed by atoms with Gasteiger partial charge in [0.25, 0.3) is 0 Å². The van der Waals surface area contributed by atoms with Crippen molar-refractivity contribution in [1.29, 1.82) is 0 Å². The van der Waals surface area contributed by atoms with Crippen LogP contribution in [0.1, 0.15) is 25.7 Å². The Kier molecular flexibility index (Phi) is 2.86. The molecule has 4 rings (SSSR count). The second-order valence-corrected chi connectivity index (χ2v) is 6.94. The molecule has 2 atom stereocenters. The minimum atomic E-state index is 0.0899. The smallest absolute Gasteiger partial charge is 0.227 e. The molecule has 0 aromatic heterocycles. The van der Waals surface area contributed by atoms with Crippen LogP contribution >= 0.6 is 0 Å². The van der Waals surface area contributed by atoms with Crippen LogP contribution in [0.5, 0.6) is 0 Å². The lowest BCUT2D eigenvalue weighted by molar-refractivity contribution is -0.135. The van der Waals surface area contributed by atoms with Gasteiger partial charge in [0.15, 0.2) is 0 Å². The van der Waals surface area contributed by atoms with E-state index in [1.54, 1.807) is 0 Å². The second kappa shape index (κ2) is 4.61. The third kappa shape index (κ3) is 2.05. The van der Waals surface area contributed by atoms with Gasteiger partial charge in [-0.25, -0.2) is 0 Å². The Labute approximate surface area is 119 Å². The van der Waals surface area contributed by atoms with Gasteiger partial charge in [0.2, 0.25) is 11.8 Å². The van der Waals surface area contributed by atoms with Crippen molar-refractivity contribution in [2.24, 2.45) is 23.7 Å². The van der Waals surface area contributed by atoms with E-state index in [9.17, 15) is 9.59 Å². The third-order valence-electron chi connectivity index (χ3n) is 5.37. The van der Waals surface area contributed by atoms with Crippen LogP contribution in [0, 0.1) is 23.7 Å². The Morgan fingerprint density at radius 2 is 1.90 bits per heavy atom. The van der Waals surface area contributed by atoms with E-state index in [1.807, 2.05) is 4.90 Å². The molecule has 2 amide bonds. The lowest BCUT2D eigenvalue weighted by atomic mass is 10.0. The first-order valence-corrected chi connectivity index (χ1v) is 7.95. The molecule has 4 nitrogen and oxygen atoms in total. The van der Waals surface area contributed by atoms with Gasteiger partial charge in [-0.05, 0) is 31.6 Å². The molecule has 108 valence electrons. The van der Waals surface area contributed by atoms with Crippen LogP contribution in [0.4, 0.5) is 0 Å². The van der Waals surface area contributed by atoms with Crippen molar-refractivity contribution in [2.45, 2.75) is 25.7 Å². The van der Waals surface area contributed by atoms with Gasteiger partial charge in [0, 0.05) is 38.0 Å². The Morgan fingerprint density at radius 1 is 1.15 bits per heavy atom. The van der Waals surface area contributed by atoms with Crippen LogP contribution in [0.15, 0.2) is 12.2 Å². The van der Waals surface area contributed by atoms with Gasteiger partial charge < -0.3 is 9.80 Å². The van der Waals surface area contributed by atoms with E-state index < -0.39 is 0 Å². The SMILES string of the molecule is O=C(C1CC=CC1)N1C[C@H]2CN(CC3CC3)C(=O)[C@H]2C1. The van der Waals surface area contributed by atoms with Crippen molar-refractivity contribution >= 4 is 11.8 Å². The molecule has 1 saturated carbocycles. The normalized spacial score (nSPS) is 33.3. The number of rotatable bonds is 3.